The van der Waals surface area contributed by atoms with E-state index in [9.17, 15) is 0 Å². The van der Waals surface area contributed by atoms with Gasteiger partial charge >= 0.3 is 0 Å². The van der Waals surface area contributed by atoms with E-state index >= 15 is 0 Å². The maximum Gasteiger partial charge on any atom is 0.0704 e. The summed E-state index contributed by atoms with van der Waals surface area (Å²) in [6, 6.07) is 0. The minimum absolute atomic E-state index is 0.677. The molecule has 0 saturated heterocycles. The van der Waals surface area contributed by atoms with Crippen LogP contribution >= 0.6 is 0 Å². The van der Waals surface area contributed by atoms with Crippen LogP contribution in [0, 0.1) is 0 Å². The van der Waals surface area contributed by atoms with Gasteiger partial charge in [0.25, 0.3) is 0 Å². The van der Waals surface area contributed by atoms with Crippen LogP contribution < -0.4 is 0 Å². The molecule has 0 bridgehead atoms. The van der Waals surface area contributed by atoms with E-state index in [1.165, 1.54) is 11.1 Å². The van der Waals surface area contributed by atoms with Crippen molar-refractivity contribution >= 4 is 8.07 Å². The number of ether oxygens (including phenoxy) is 2. The zero-order valence-corrected chi connectivity index (χ0v) is 13.3. The van der Waals surface area contributed by atoms with Gasteiger partial charge in [-0.1, -0.05) is 37.0 Å². The van der Waals surface area contributed by atoms with Gasteiger partial charge in [-0.3, -0.25) is 0 Å². The van der Waals surface area contributed by atoms with Crippen LogP contribution in [0.2, 0.25) is 19.6 Å². The summed E-state index contributed by atoms with van der Waals surface area (Å²) in [4.78, 5) is 0. The average molecular weight is 256 g/mol. The number of rotatable bonds is 8. The summed E-state index contributed by atoms with van der Waals surface area (Å²) in [6.07, 6.45) is 2.24. The number of allylic oxidation sites excluding steroid dienone is 2. The SMILES string of the molecule is CCOCCOC/C(C)=C(C)\C=C\[Si](C)(C)C. The van der Waals surface area contributed by atoms with Gasteiger partial charge in [0.2, 0.25) is 0 Å². The third kappa shape index (κ3) is 10.5. The average Bonchev–Trinajstić information content (AvgIpc) is 2.24. The highest BCUT2D eigenvalue weighted by Gasteiger charge is 2.06. The van der Waals surface area contributed by atoms with Gasteiger partial charge < -0.3 is 9.47 Å². The molecule has 0 aromatic carbocycles. The van der Waals surface area contributed by atoms with E-state index in [0.29, 0.717) is 19.8 Å². The zero-order valence-electron chi connectivity index (χ0n) is 12.3. The molecule has 17 heavy (non-hydrogen) atoms. The number of hydrogen-bond acceptors (Lipinski definition) is 2. The summed E-state index contributed by atoms with van der Waals surface area (Å²) in [5.41, 5.74) is 4.99. The second-order valence-electron chi connectivity index (χ2n) is 5.41. The van der Waals surface area contributed by atoms with Gasteiger partial charge in [0.05, 0.1) is 27.9 Å². The lowest BCUT2D eigenvalue weighted by atomic mass is 10.2. The van der Waals surface area contributed by atoms with Crippen LogP contribution in [0.5, 0.6) is 0 Å². The van der Waals surface area contributed by atoms with Gasteiger partial charge in [0, 0.05) is 6.61 Å². The van der Waals surface area contributed by atoms with Crippen molar-refractivity contribution in [1.29, 1.82) is 0 Å². The minimum atomic E-state index is -1.09. The van der Waals surface area contributed by atoms with Crippen molar-refractivity contribution in [2.75, 3.05) is 26.4 Å². The Morgan fingerprint density at radius 3 is 2.18 bits per heavy atom. The molecule has 100 valence electrons. The molecule has 0 aromatic heterocycles. The van der Waals surface area contributed by atoms with Gasteiger partial charge in [-0.25, -0.2) is 0 Å². The number of hydrogen-bond donors (Lipinski definition) is 0. The molecule has 0 N–H and O–H groups in total. The van der Waals surface area contributed by atoms with Crippen LogP contribution in [0.15, 0.2) is 22.9 Å². The molecular weight excluding hydrogens is 228 g/mol. The normalized spacial score (nSPS) is 14.2. The highest BCUT2D eigenvalue weighted by molar-refractivity contribution is 6.81. The van der Waals surface area contributed by atoms with E-state index in [1.807, 2.05) is 6.92 Å². The van der Waals surface area contributed by atoms with Crippen LogP contribution in [-0.2, 0) is 9.47 Å². The Balaban J connectivity index is 4.00. The summed E-state index contributed by atoms with van der Waals surface area (Å²) in [7, 11) is -1.09. The Morgan fingerprint density at radius 1 is 1.06 bits per heavy atom. The predicted octanol–water partition coefficient (Wildman–Crippen LogP) is 3.81. The Morgan fingerprint density at radius 2 is 1.65 bits per heavy atom. The van der Waals surface area contributed by atoms with Crippen molar-refractivity contribution in [2.45, 2.75) is 40.4 Å². The Bertz CT molecular complexity index is 262. The lowest BCUT2D eigenvalue weighted by Gasteiger charge is -2.10. The van der Waals surface area contributed by atoms with E-state index in [2.05, 4.69) is 45.3 Å². The van der Waals surface area contributed by atoms with Gasteiger partial charge in [-0.15, -0.1) is 0 Å². The summed E-state index contributed by atoms with van der Waals surface area (Å²) in [5, 5.41) is 0. The van der Waals surface area contributed by atoms with E-state index in [0.717, 1.165) is 6.61 Å². The van der Waals surface area contributed by atoms with Gasteiger partial charge in [0.15, 0.2) is 0 Å². The third-order valence-corrected chi connectivity index (χ3v) is 3.57. The predicted molar refractivity (Wildman–Crippen MR) is 78.2 cm³/mol. The first-order chi connectivity index (χ1) is 7.87. The molecule has 0 spiro atoms. The fraction of sp³-hybridized carbons (Fsp3) is 0.714. The van der Waals surface area contributed by atoms with Crippen molar-refractivity contribution in [3.05, 3.63) is 22.9 Å². The lowest BCUT2D eigenvalue weighted by molar-refractivity contribution is 0.0619. The van der Waals surface area contributed by atoms with Crippen LogP contribution in [-0.4, -0.2) is 34.5 Å². The van der Waals surface area contributed by atoms with Crippen LogP contribution in [0.4, 0.5) is 0 Å². The monoisotopic (exact) mass is 256 g/mol. The molecule has 0 amide bonds. The first kappa shape index (κ1) is 16.6. The highest BCUT2D eigenvalue weighted by atomic mass is 28.3. The second kappa shape index (κ2) is 8.67. The zero-order chi connectivity index (χ0) is 13.3. The standard InChI is InChI=1S/C14H28O2Si/c1-7-15-9-10-16-12-14(3)13(2)8-11-17(4,5)6/h8,11H,7,9-10,12H2,1-6H3/b11-8+,14-13-. The molecule has 0 aliphatic heterocycles. The molecule has 3 heteroatoms. The molecule has 0 rings (SSSR count). The molecule has 0 heterocycles. The van der Waals surface area contributed by atoms with Gasteiger partial charge in [0.1, 0.15) is 0 Å². The molecule has 0 fully saturated rings. The van der Waals surface area contributed by atoms with Crippen LogP contribution in [0.25, 0.3) is 0 Å². The second-order valence-corrected chi connectivity index (χ2v) is 10.5. The molecular formula is C14H28O2Si. The largest absolute Gasteiger partial charge is 0.379 e. The van der Waals surface area contributed by atoms with Crippen molar-refractivity contribution < 1.29 is 9.47 Å². The minimum Gasteiger partial charge on any atom is -0.379 e. The summed E-state index contributed by atoms with van der Waals surface area (Å²) < 4.78 is 10.8. The summed E-state index contributed by atoms with van der Waals surface area (Å²) in [6.45, 7) is 16.1. The summed E-state index contributed by atoms with van der Waals surface area (Å²) in [5.74, 6) is 0. The third-order valence-electron chi connectivity index (χ3n) is 2.40. The van der Waals surface area contributed by atoms with E-state index in [1.54, 1.807) is 0 Å². The highest BCUT2D eigenvalue weighted by Crippen LogP contribution is 2.09. The van der Waals surface area contributed by atoms with E-state index < -0.39 is 8.07 Å². The van der Waals surface area contributed by atoms with Gasteiger partial charge in [-0.05, 0) is 26.3 Å². The topological polar surface area (TPSA) is 18.5 Å². The van der Waals surface area contributed by atoms with E-state index in [-0.39, 0.29) is 0 Å². The molecule has 0 saturated carbocycles. The molecule has 2 nitrogen and oxygen atoms in total. The Hall–Kier alpha value is -0.383. The smallest absolute Gasteiger partial charge is 0.0704 e. The fourth-order valence-corrected chi connectivity index (χ4v) is 1.87. The molecule has 0 atom stereocenters. The summed E-state index contributed by atoms with van der Waals surface area (Å²) >= 11 is 0. The molecule has 0 unspecified atom stereocenters. The van der Waals surface area contributed by atoms with Crippen LogP contribution in [0.1, 0.15) is 20.8 Å². The van der Waals surface area contributed by atoms with Crippen molar-refractivity contribution in [3.63, 3.8) is 0 Å². The molecule has 0 aliphatic carbocycles. The van der Waals surface area contributed by atoms with Crippen molar-refractivity contribution in [2.24, 2.45) is 0 Å². The quantitative estimate of drug-likeness (QED) is 0.373. The molecule has 0 aliphatic rings. The van der Waals surface area contributed by atoms with E-state index in [4.69, 9.17) is 9.47 Å². The van der Waals surface area contributed by atoms with Gasteiger partial charge in [-0.2, -0.15) is 0 Å². The lowest BCUT2D eigenvalue weighted by Crippen LogP contribution is -2.15. The fourth-order valence-electron chi connectivity index (χ4n) is 1.12. The first-order valence-corrected chi connectivity index (χ1v) is 9.95. The van der Waals surface area contributed by atoms with Crippen molar-refractivity contribution in [1.82, 2.24) is 0 Å². The van der Waals surface area contributed by atoms with Crippen LogP contribution in [0.3, 0.4) is 0 Å². The maximum absolute atomic E-state index is 5.55. The molecule has 0 radical (unpaired) electrons. The molecule has 0 aromatic rings. The Labute approximate surface area is 108 Å². The first-order valence-electron chi connectivity index (χ1n) is 6.38. The van der Waals surface area contributed by atoms with Crippen molar-refractivity contribution in [3.8, 4) is 0 Å². The Kier molecular flexibility index (Phi) is 8.48. The maximum atomic E-state index is 5.55.